The van der Waals surface area contributed by atoms with Gasteiger partial charge in [0.15, 0.2) is 5.69 Å². The summed E-state index contributed by atoms with van der Waals surface area (Å²) >= 11 is 5.81. The molecule has 0 fully saturated rings. The molecule has 4 aromatic rings. The van der Waals surface area contributed by atoms with Crippen LogP contribution in [0.25, 0.3) is 17.1 Å². The molecule has 0 saturated carbocycles. The number of pyridine rings is 2. The predicted octanol–water partition coefficient (Wildman–Crippen LogP) is 2.62. The molecule has 26 heavy (non-hydrogen) atoms. The van der Waals surface area contributed by atoms with Crippen molar-refractivity contribution in [2.75, 3.05) is 5.32 Å². The highest BCUT2D eigenvalue weighted by Gasteiger charge is 2.17. The summed E-state index contributed by atoms with van der Waals surface area (Å²) in [4.78, 5) is 24.8. The first-order valence-electron chi connectivity index (χ1n) is 7.40. The van der Waals surface area contributed by atoms with Crippen LogP contribution in [0.3, 0.4) is 0 Å². The third-order valence-corrected chi connectivity index (χ3v) is 3.61. The lowest BCUT2D eigenvalue weighted by molar-refractivity contribution is 0.101. The Bertz CT molecular complexity index is 1040. The fourth-order valence-electron chi connectivity index (χ4n) is 2.20. The van der Waals surface area contributed by atoms with Crippen LogP contribution in [0.2, 0.25) is 5.02 Å². The van der Waals surface area contributed by atoms with Crippen LogP contribution in [0.15, 0.2) is 59.7 Å². The number of hydrogen-bond acceptors (Lipinski definition) is 7. The molecular weight excluding hydrogens is 358 g/mol. The van der Waals surface area contributed by atoms with Gasteiger partial charge in [-0.3, -0.25) is 20.1 Å². The lowest BCUT2D eigenvalue weighted by Gasteiger charge is -2.04. The van der Waals surface area contributed by atoms with Crippen LogP contribution in [0.4, 0.5) is 6.01 Å². The summed E-state index contributed by atoms with van der Waals surface area (Å²) in [7, 11) is 0. The minimum Gasteiger partial charge on any atom is -0.431 e. The van der Waals surface area contributed by atoms with Gasteiger partial charge in [0.05, 0.1) is 28.8 Å². The molecule has 0 aromatic carbocycles. The molecule has 0 atom stereocenters. The third-order valence-electron chi connectivity index (χ3n) is 3.39. The molecule has 10 heteroatoms. The SMILES string of the molecule is O=C(Nc1nc(-c2ccc(Cl)cn2)co1)c1cnnn1-c1cccnc1. The predicted molar refractivity (Wildman–Crippen MR) is 91.9 cm³/mol. The van der Waals surface area contributed by atoms with Crippen molar-refractivity contribution in [1.82, 2.24) is 29.9 Å². The number of aromatic nitrogens is 6. The minimum absolute atomic E-state index is 0.0284. The topological polar surface area (TPSA) is 112 Å². The second kappa shape index (κ2) is 6.73. The maximum atomic E-state index is 12.5. The summed E-state index contributed by atoms with van der Waals surface area (Å²) in [6.07, 6.45) is 7.43. The largest absolute Gasteiger partial charge is 0.431 e. The Balaban J connectivity index is 1.55. The Hall–Kier alpha value is -3.59. The second-order valence-corrected chi connectivity index (χ2v) is 5.53. The number of halogens is 1. The molecule has 0 aliphatic carbocycles. The highest BCUT2D eigenvalue weighted by Crippen LogP contribution is 2.20. The molecule has 0 spiro atoms. The fraction of sp³-hybridized carbons (Fsp3) is 0. The average molecular weight is 368 g/mol. The van der Waals surface area contributed by atoms with E-state index in [1.165, 1.54) is 23.3 Å². The Morgan fingerprint density at radius 1 is 1.15 bits per heavy atom. The van der Waals surface area contributed by atoms with Gasteiger partial charge in [-0.25, -0.2) is 4.68 Å². The van der Waals surface area contributed by atoms with Crippen LogP contribution in [0, 0.1) is 0 Å². The molecule has 0 aliphatic heterocycles. The molecule has 0 saturated heterocycles. The second-order valence-electron chi connectivity index (χ2n) is 5.10. The van der Waals surface area contributed by atoms with Gasteiger partial charge in [0.25, 0.3) is 5.91 Å². The van der Waals surface area contributed by atoms with Crippen molar-refractivity contribution in [2.24, 2.45) is 0 Å². The van der Waals surface area contributed by atoms with Crippen LogP contribution in [-0.4, -0.2) is 35.9 Å². The van der Waals surface area contributed by atoms with Gasteiger partial charge in [0.1, 0.15) is 12.0 Å². The van der Waals surface area contributed by atoms with E-state index in [-0.39, 0.29) is 11.7 Å². The van der Waals surface area contributed by atoms with E-state index in [0.29, 0.717) is 22.1 Å². The number of nitrogens with zero attached hydrogens (tertiary/aromatic N) is 6. The number of carbonyl (C=O) groups excluding carboxylic acids is 1. The zero-order valence-electron chi connectivity index (χ0n) is 13.1. The standard InChI is InChI=1S/C16H10ClN7O2/c17-10-3-4-12(19-6-10)13-9-26-16(21-13)22-15(25)14-8-20-23-24(14)11-2-1-5-18-7-11/h1-9H,(H,21,22,25). The molecule has 4 rings (SSSR count). The number of nitrogens with one attached hydrogen (secondary N) is 1. The summed E-state index contributed by atoms with van der Waals surface area (Å²) in [5.74, 6) is -0.476. The van der Waals surface area contributed by atoms with Gasteiger partial charge < -0.3 is 4.42 Å². The highest BCUT2D eigenvalue weighted by atomic mass is 35.5. The molecule has 128 valence electrons. The van der Waals surface area contributed by atoms with Crippen LogP contribution < -0.4 is 5.32 Å². The zero-order valence-corrected chi connectivity index (χ0v) is 13.8. The van der Waals surface area contributed by atoms with Crippen LogP contribution in [0.5, 0.6) is 0 Å². The molecule has 0 aliphatic rings. The van der Waals surface area contributed by atoms with Crippen molar-refractivity contribution in [3.05, 3.63) is 66.0 Å². The number of oxazole rings is 1. The molecule has 4 aromatic heterocycles. The van der Waals surface area contributed by atoms with E-state index in [0.717, 1.165) is 0 Å². The number of amides is 1. The average Bonchev–Trinajstić information content (AvgIpc) is 3.32. The van der Waals surface area contributed by atoms with E-state index in [4.69, 9.17) is 16.0 Å². The first-order valence-corrected chi connectivity index (χ1v) is 7.78. The molecule has 4 heterocycles. The Labute approximate surface area is 151 Å². The van der Waals surface area contributed by atoms with E-state index in [1.807, 2.05) is 0 Å². The number of rotatable bonds is 4. The summed E-state index contributed by atoms with van der Waals surface area (Å²) in [5.41, 5.74) is 1.85. The van der Waals surface area contributed by atoms with Gasteiger partial charge in [-0.2, -0.15) is 4.98 Å². The monoisotopic (exact) mass is 367 g/mol. The summed E-state index contributed by atoms with van der Waals surface area (Å²) in [6, 6.07) is 6.91. The van der Waals surface area contributed by atoms with Crippen molar-refractivity contribution in [1.29, 1.82) is 0 Å². The summed E-state index contributed by atoms with van der Waals surface area (Å²) < 4.78 is 6.65. The molecule has 1 N–H and O–H groups in total. The van der Waals surface area contributed by atoms with Crippen molar-refractivity contribution >= 4 is 23.5 Å². The molecule has 0 radical (unpaired) electrons. The van der Waals surface area contributed by atoms with Crippen LogP contribution in [-0.2, 0) is 0 Å². The van der Waals surface area contributed by atoms with E-state index >= 15 is 0 Å². The van der Waals surface area contributed by atoms with E-state index in [1.54, 1.807) is 36.7 Å². The Morgan fingerprint density at radius 3 is 2.85 bits per heavy atom. The van der Waals surface area contributed by atoms with Crippen LogP contribution in [0.1, 0.15) is 10.5 Å². The lowest BCUT2D eigenvalue weighted by Crippen LogP contribution is -2.17. The zero-order chi connectivity index (χ0) is 17.9. The van der Waals surface area contributed by atoms with Crippen LogP contribution >= 0.6 is 11.6 Å². The highest BCUT2D eigenvalue weighted by molar-refractivity contribution is 6.30. The quantitative estimate of drug-likeness (QED) is 0.590. The van der Waals surface area contributed by atoms with Gasteiger partial charge in [0.2, 0.25) is 0 Å². The van der Waals surface area contributed by atoms with Crippen molar-refractivity contribution < 1.29 is 9.21 Å². The van der Waals surface area contributed by atoms with Gasteiger partial charge in [-0.05, 0) is 24.3 Å². The summed E-state index contributed by atoms with van der Waals surface area (Å²) in [5, 5.41) is 10.8. The minimum atomic E-state index is -0.476. The molecule has 0 unspecified atom stereocenters. The van der Waals surface area contributed by atoms with Gasteiger partial charge in [-0.1, -0.05) is 16.8 Å². The number of anilines is 1. The van der Waals surface area contributed by atoms with Gasteiger partial charge in [0, 0.05) is 12.4 Å². The van der Waals surface area contributed by atoms with Gasteiger partial charge in [-0.15, -0.1) is 5.10 Å². The van der Waals surface area contributed by atoms with E-state index in [2.05, 4.69) is 30.6 Å². The smallest absolute Gasteiger partial charge is 0.302 e. The first kappa shape index (κ1) is 15.9. The molecular formula is C16H10ClN7O2. The fourth-order valence-corrected chi connectivity index (χ4v) is 2.31. The maximum Gasteiger partial charge on any atom is 0.302 e. The Morgan fingerprint density at radius 2 is 2.08 bits per heavy atom. The normalized spacial score (nSPS) is 10.7. The van der Waals surface area contributed by atoms with Crippen molar-refractivity contribution in [2.45, 2.75) is 0 Å². The van der Waals surface area contributed by atoms with Gasteiger partial charge >= 0.3 is 6.01 Å². The Kier molecular flexibility index (Phi) is 4.12. The van der Waals surface area contributed by atoms with Crippen molar-refractivity contribution in [3.63, 3.8) is 0 Å². The number of hydrogen-bond donors (Lipinski definition) is 1. The van der Waals surface area contributed by atoms with Crippen molar-refractivity contribution in [3.8, 4) is 17.1 Å². The third kappa shape index (κ3) is 3.15. The first-order chi connectivity index (χ1) is 12.7. The molecule has 9 nitrogen and oxygen atoms in total. The summed E-state index contributed by atoms with van der Waals surface area (Å²) in [6.45, 7) is 0. The molecule has 0 bridgehead atoms. The maximum absolute atomic E-state index is 12.5. The van der Waals surface area contributed by atoms with E-state index < -0.39 is 5.91 Å². The lowest BCUT2D eigenvalue weighted by atomic mass is 10.3. The molecule has 1 amide bonds. The van der Waals surface area contributed by atoms with E-state index in [9.17, 15) is 4.79 Å². The number of carbonyl (C=O) groups is 1.